The number of hydrogen-bond acceptors (Lipinski definition) is 4. The molecule has 0 radical (unpaired) electrons. The third kappa shape index (κ3) is 3.75. The number of sulfone groups is 1. The van der Waals surface area contributed by atoms with E-state index >= 15 is 0 Å². The molecule has 94 valence electrons. The normalized spacial score (nSPS) is 27.9. The van der Waals surface area contributed by atoms with Gasteiger partial charge in [-0.15, -0.1) is 0 Å². The Balaban J connectivity index is 2.56. The topological polar surface area (TPSA) is 89.3 Å². The summed E-state index contributed by atoms with van der Waals surface area (Å²) in [6, 6.07) is -0.103. The molecule has 3 N–H and O–H groups in total. The molecule has 0 spiro atoms. The molecule has 1 fully saturated rings. The Bertz CT molecular complexity index is 353. The molecule has 3 unspecified atom stereocenters. The number of nitrogens with two attached hydrogens (primary N) is 1. The number of primary amides is 1. The predicted octanol–water partition coefficient (Wildman–Crippen LogP) is -0.194. The van der Waals surface area contributed by atoms with E-state index in [0.29, 0.717) is 6.42 Å². The summed E-state index contributed by atoms with van der Waals surface area (Å²) < 4.78 is 23.0. The Morgan fingerprint density at radius 3 is 2.62 bits per heavy atom. The van der Waals surface area contributed by atoms with Gasteiger partial charge < -0.3 is 11.1 Å². The van der Waals surface area contributed by atoms with Gasteiger partial charge in [0, 0.05) is 24.8 Å². The van der Waals surface area contributed by atoms with Crippen molar-refractivity contribution in [1.82, 2.24) is 5.32 Å². The lowest BCUT2D eigenvalue weighted by molar-refractivity contribution is -0.118. The molecular weight excluding hydrogens is 228 g/mol. The van der Waals surface area contributed by atoms with Gasteiger partial charge in [-0.05, 0) is 19.8 Å². The highest BCUT2D eigenvalue weighted by Crippen LogP contribution is 2.25. The number of nitrogens with one attached hydrogen (secondary N) is 1. The molecule has 0 bridgehead atoms. The second-order valence-electron chi connectivity index (χ2n) is 4.64. The van der Waals surface area contributed by atoms with Crippen molar-refractivity contribution in [3.05, 3.63) is 0 Å². The van der Waals surface area contributed by atoms with Gasteiger partial charge in [-0.2, -0.15) is 0 Å². The smallest absolute Gasteiger partial charge is 0.218 e. The molecule has 0 aromatic rings. The molecule has 3 atom stereocenters. The highest BCUT2D eigenvalue weighted by molar-refractivity contribution is 7.91. The van der Waals surface area contributed by atoms with Crippen LogP contribution in [-0.4, -0.2) is 37.9 Å². The molecule has 1 saturated carbocycles. The molecule has 5 nitrogen and oxygen atoms in total. The predicted molar refractivity (Wildman–Crippen MR) is 62.7 cm³/mol. The second-order valence-corrected chi connectivity index (χ2v) is 6.91. The van der Waals surface area contributed by atoms with Gasteiger partial charge >= 0.3 is 0 Å². The van der Waals surface area contributed by atoms with E-state index in [1.165, 1.54) is 6.26 Å². The van der Waals surface area contributed by atoms with Crippen molar-refractivity contribution in [3.63, 3.8) is 0 Å². The van der Waals surface area contributed by atoms with Crippen LogP contribution in [-0.2, 0) is 14.6 Å². The van der Waals surface area contributed by atoms with E-state index in [1.807, 2.05) is 6.92 Å². The monoisotopic (exact) mass is 248 g/mol. The van der Waals surface area contributed by atoms with Gasteiger partial charge in [-0.3, -0.25) is 4.79 Å². The Morgan fingerprint density at radius 2 is 2.12 bits per heavy atom. The zero-order chi connectivity index (χ0) is 12.3. The maximum absolute atomic E-state index is 11.5. The van der Waals surface area contributed by atoms with Gasteiger partial charge in [0.05, 0.1) is 5.25 Å². The minimum atomic E-state index is -3.00. The van der Waals surface area contributed by atoms with Crippen molar-refractivity contribution >= 4 is 15.7 Å². The fourth-order valence-electron chi connectivity index (χ4n) is 2.36. The lowest BCUT2D eigenvalue weighted by Crippen LogP contribution is -2.45. The lowest BCUT2D eigenvalue weighted by atomic mass is 10.1. The molecule has 1 amide bonds. The van der Waals surface area contributed by atoms with Crippen LogP contribution in [0.1, 0.15) is 32.6 Å². The van der Waals surface area contributed by atoms with E-state index in [1.54, 1.807) is 0 Å². The van der Waals surface area contributed by atoms with E-state index in [-0.39, 0.29) is 29.7 Å². The standard InChI is InChI=1S/C10H20N2O3S/c1-7(6-10(11)13)12-8-4-3-5-9(8)16(2,14)15/h7-9,12H,3-6H2,1-2H3,(H2,11,13). The maximum atomic E-state index is 11.5. The van der Waals surface area contributed by atoms with Crippen LogP contribution >= 0.6 is 0 Å². The molecule has 1 aliphatic carbocycles. The van der Waals surface area contributed by atoms with E-state index < -0.39 is 9.84 Å². The van der Waals surface area contributed by atoms with Crippen molar-refractivity contribution in [1.29, 1.82) is 0 Å². The van der Waals surface area contributed by atoms with E-state index in [9.17, 15) is 13.2 Å². The lowest BCUT2D eigenvalue weighted by Gasteiger charge is -2.23. The molecule has 0 aromatic heterocycles. The van der Waals surface area contributed by atoms with E-state index in [4.69, 9.17) is 5.73 Å². The molecule has 0 aromatic carbocycles. The first-order valence-corrected chi connectivity index (χ1v) is 7.49. The van der Waals surface area contributed by atoms with Gasteiger partial charge in [-0.1, -0.05) is 6.42 Å². The molecule has 1 rings (SSSR count). The molecule has 1 aliphatic rings. The van der Waals surface area contributed by atoms with Gasteiger partial charge in [0.2, 0.25) is 5.91 Å². The third-order valence-electron chi connectivity index (χ3n) is 3.01. The summed E-state index contributed by atoms with van der Waals surface area (Å²) in [6.07, 6.45) is 3.99. The van der Waals surface area contributed by atoms with Crippen LogP contribution in [0.5, 0.6) is 0 Å². The van der Waals surface area contributed by atoms with Gasteiger partial charge in [0.25, 0.3) is 0 Å². The van der Waals surface area contributed by atoms with E-state index in [2.05, 4.69) is 5.32 Å². The minimum absolute atomic E-state index is 0.0376. The number of rotatable bonds is 5. The number of carbonyl (C=O) groups excluding carboxylic acids is 1. The second kappa shape index (κ2) is 5.14. The largest absolute Gasteiger partial charge is 0.370 e. The average Bonchev–Trinajstić information content (AvgIpc) is 2.48. The quantitative estimate of drug-likeness (QED) is 0.705. The van der Waals surface area contributed by atoms with Crippen LogP contribution in [0.4, 0.5) is 0 Å². The molecule has 0 aliphatic heterocycles. The van der Waals surface area contributed by atoms with Crippen LogP contribution in [0.3, 0.4) is 0 Å². The summed E-state index contributed by atoms with van der Waals surface area (Å²) in [4.78, 5) is 10.7. The first-order valence-electron chi connectivity index (χ1n) is 5.54. The van der Waals surface area contributed by atoms with Crippen molar-refractivity contribution < 1.29 is 13.2 Å². The molecule has 0 saturated heterocycles. The van der Waals surface area contributed by atoms with Crippen LogP contribution in [0, 0.1) is 0 Å². The van der Waals surface area contributed by atoms with Crippen molar-refractivity contribution in [2.75, 3.05) is 6.26 Å². The molecular formula is C10H20N2O3S. The van der Waals surface area contributed by atoms with Crippen molar-refractivity contribution in [2.24, 2.45) is 5.73 Å². The number of amides is 1. The summed E-state index contributed by atoms with van der Waals surface area (Å²) in [6.45, 7) is 1.85. The minimum Gasteiger partial charge on any atom is -0.370 e. The van der Waals surface area contributed by atoms with E-state index in [0.717, 1.165) is 12.8 Å². The fourth-order valence-corrected chi connectivity index (χ4v) is 3.76. The number of carbonyl (C=O) groups is 1. The van der Waals surface area contributed by atoms with Gasteiger partial charge in [0.15, 0.2) is 9.84 Å². The van der Waals surface area contributed by atoms with Gasteiger partial charge in [0.1, 0.15) is 0 Å². The van der Waals surface area contributed by atoms with Gasteiger partial charge in [-0.25, -0.2) is 8.42 Å². The zero-order valence-electron chi connectivity index (χ0n) is 9.77. The fraction of sp³-hybridized carbons (Fsp3) is 0.900. The molecule has 16 heavy (non-hydrogen) atoms. The van der Waals surface area contributed by atoms with Crippen LogP contribution in [0.15, 0.2) is 0 Å². The van der Waals surface area contributed by atoms with Crippen molar-refractivity contribution in [2.45, 2.75) is 49.9 Å². The Morgan fingerprint density at radius 1 is 1.50 bits per heavy atom. The van der Waals surface area contributed by atoms with Crippen LogP contribution in [0.2, 0.25) is 0 Å². The van der Waals surface area contributed by atoms with Crippen molar-refractivity contribution in [3.8, 4) is 0 Å². The highest BCUT2D eigenvalue weighted by atomic mass is 32.2. The summed E-state index contributed by atoms with van der Waals surface area (Å²) in [5, 5.41) is 2.87. The summed E-state index contributed by atoms with van der Waals surface area (Å²) in [5.41, 5.74) is 5.09. The Kier molecular flexibility index (Phi) is 4.32. The van der Waals surface area contributed by atoms with Crippen LogP contribution < -0.4 is 11.1 Å². The highest BCUT2D eigenvalue weighted by Gasteiger charge is 2.35. The SMILES string of the molecule is CC(CC(N)=O)NC1CCCC1S(C)(=O)=O. The summed E-state index contributed by atoms with van der Waals surface area (Å²) in [7, 11) is -3.00. The molecule has 0 heterocycles. The Hall–Kier alpha value is -0.620. The first kappa shape index (κ1) is 13.4. The number of hydrogen-bond donors (Lipinski definition) is 2. The zero-order valence-corrected chi connectivity index (χ0v) is 10.6. The average molecular weight is 248 g/mol. The van der Waals surface area contributed by atoms with Crippen LogP contribution in [0.25, 0.3) is 0 Å². The Labute approximate surface area is 96.7 Å². The molecule has 6 heteroatoms. The maximum Gasteiger partial charge on any atom is 0.218 e. The summed E-state index contributed by atoms with van der Waals surface area (Å²) >= 11 is 0. The third-order valence-corrected chi connectivity index (χ3v) is 4.67. The summed E-state index contributed by atoms with van der Waals surface area (Å²) in [5.74, 6) is -0.367. The first-order chi connectivity index (χ1) is 7.30.